The third-order valence-electron chi connectivity index (χ3n) is 2.88. The van der Waals surface area contributed by atoms with E-state index in [9.17, 15) is 4.39 Å². The highest BCUT2D eigenvalue weighted by Crippen LogP contribution is 2.20. The van der Waals surface area contributed by atoms with Crippen LogP contribution in [0.3, 0.4) is 0 Å². The van der Waals surface area contributed by atoms with E-state index in [2.05, 4.69) is 19.2 Å². The molecule has 96 valence electrons. The number of unbranched alkanes of at least 4 members (excludes halogenated alkanes) is 1. The molecule has 0 aliphatic heterocycles. The Balaban J connectivity index is 2.64. The molecule has 0 heterocycles. The van der Waals surface area contributed by atoms with Crippen LogP contribution in [0, 0.1) is 5.82 Å². The summed E-state index contributed by atoms with van der Waals surface area (Å²) in [6.07, 6.45) is 4.40. The zero-order valence-electron chi connectivity index (χ0n) is 10.6. The van der Waals surface area contributed by atoms with E-state index in [0.717, 1.165) is 24.9 Å². The van der Waals surface area contributed by atoms with Gasteiger partial charge in [0.15, 0.2) is 0 Å². The van der Waals surface area contributed by atoms with Crippen molar-refractivity contribution in [3.05, 3.63) is 34.6 Å². The summed E-state index contributed by atoms with van der Waals surface area (Å²) in [6, 6.07) is 5.08. The Morgan fingerprint density at radius 1 is 1.35 bits per heavy atom. The van der Waals surface area contributed by atoms with Gasteiger partial charge in [-0.25, -0.2) is 4.39 Å². The first-order valence-electron chi connectivity index (χ1n) is 6.34. The van der Waals surface area contributed by atoms with E-state index in [-0.39, 0.29) is 5.82 Å². The second-order valence-corrected chi connectivity index (χ2v) is 4.74. The highest BCUT2D eigenvalue weighted by Gasteiger charge is 2.10. The Bertz CT molecular complexity index is 341. The number of benzene rings is 1. The average Bonchev–Trinajstić information content (AvgIpc) is 2.29. The first-order chi connectivity index (χ1) is 8.17. The van der Waals surface area contributed by atoms with Gasteiger partial charge in [0, 0.05) is 11.1 Å². The number of likely N-dealkylation sites (N-methyl/N-ethyl adjacent to an activating group) is 1. The topological polar surface area (TPSA) is 12.0 Å². The van der Waals surface area contributed by atoms with Crippen molar-refractivity contribution in [2.45, 2.75) is 45.6 Å². The van der Waals surface area contributed by atoms with Crippen molar-refractivity contribution in [3.63, 3.8) is 0 Å². The van der Waals surface area contributed by atoms with Crippen molar-refractivity contribution in [1.82, 2.24) is 5.32 Å². The van der Waals surface area contributed by atoms with Crippen molar-refractivity contribution < 1.29 is 4.39 Å². The fourth-order valence-corrected chi connectivity index (χ4v) is 2.21. The Morgan fingerprint density at radius 3 is 2.71 bits per heavy atom. The van der Waals surface area contributed by atoms with Gasteiger partial charge in [-0.2, -0.15) is 0 Å². The number of hydrogen-bond donors (Lipinski definition) is 1. The van der Waals surface area contributed by atoms with Crippen molar-refractivity contribution >= 4 is 11.6 Å². The van der Waals surface area contributed by atoms with Crippen LogP contribution >= 0.6 is 11.6 Å². The second kappa shape index (κ2) is 7.67. The van der Waals surface area contributed by atoms with Gasteiger partial charge in [0.25, 0.3) is 0 Å². The maximum atomic E-state index is 12.9. The van der Waals surface area contributed by atoms with Gasteiger partial charge in [-0.1, -0.05) is 44.4 Å². The van der Waals surface area contributed by atoms with Crippen molar-refractivity contribution in [2.75, 3.05) is 6.54 Å². The molecule has 0 aromatic heterocycles. The van der Waals surface area contributed by atoms with Crippen LogP contribution in [0.5, 0.6) is 0 Å². The van der Waals surface area contributed by atoms with Gasteiger partial charge in [-0.15, -0.1) is 0 Å². The Morgan fingerprint density at radius 2 is 2.12 bits per heavy atom. The molecule has 0 spiro atoms. The minimum atomic E-state index is -0.271. The fourth-order valence-electron chi connectivity index (χ4n) is 1.97. The maximum Gasteiger partial charge on any atom is 0.124 e. The molecule has 0 saturated heterocycles. The molecule has 1 aromatic rings. The molecule has 0 amide bonds. The zero-order valence-corrected chi connectivity index (χ0v) is 11.4. The second-order valence-electron chi connectivity index (χ2n) is 4.34. The lowest BCUT2D eigenvalue weighted by atomic mass is 10.0. The lowest BCUT2D eigenvalue weighted by molar-refractivity contribution is 0.473. The van der Waals surface area contributed by atoms with Crippen LogP contribution in [0.25, 0.3) is 0 Å². The molecule has 1 atom stereocenters. The smallest absolute Gasteiger partial charge is 0.124 e. The summed E-state index contributed by atoms with van der Waals surface area (Å²) in [7, 11) is 0. The van der Waals surface area contributed by atoms with Crippen LogP contribution in [-0.2, 0) is 6.42 Å². The first kappa shape index (κ1) is 14.5. The molecule has 1 rings (SSSR count). The van der Waals surface area contributed by atoms with Gasteiger partial charge in [-0.05, 0) is 37.1 Å². The summed E-state index contributed by atoms with van der Waals surface area (Å²) in [5, 5.41) is 3.99. The van der Waals surface area contributed by atoms with Crippen LogP contribution in [0.1, 0.15) is 38.7 Å². The SMILES string of the molecule is CCCCC(Cc1ccc(F)cc1Cl)NCC. The molecule has 1 nitrogen and oxygen atoms in total. The average molecular weight is 258 g/mol. The molecule has 1 unspecified atom stereocenters. The van der Waals surface area contributed by atoms with Gasteiger partial charge < -0.3 is 5.32 Å². The van der Waals surface area contributed by atoms with E-state index in [1.807, 2.05) is 0 Å². The Hall–Kier alpha value is -0.600. The van der Waals surface area contributed by atoms with Crippen LogP contribution in [0.2, 0.25) is 5.02 Å². The third-order valence-corrected chi connectivity index (χ3v) is 3.23. The van der Waals surface area contributed by atoms with Gasteiger partial charge in [0.1, 0.15) is 5.82 Å². The minimum Gasteiger partial charge on any atom is -0.314 e. The molecular weight excluding hydrogens is 237 g/mol. The summed E-state index contributed by atoms with van der Waals surface area (Å²) in [5.41, 5.74) is 1.02. The standard InChI is InChI=1S/C14H21ClFN/c1-3-5-6-13(17-4-2)9-11-7-8-12(16)10-14(11)15/h7-8,10,13,17H,3-6,9H2,1-2H3. The first-order valence-corrected chi connectivity index (χ1v) is 6.72. The molecule has 0 aliphatic carbocycles. The zero-order chi connectivity index (χ0) is 12.7. The predicted molar refractivity (Wildman–Crippen MR) is 72.1 cm³/mol. The number of nitrogens with one attached hydrogen (secondary N) is 1. The molecule has 17 heavy (non-hydrogen) atoms. The van der Waals surface area contributed by atoms with Crippen molar-refractivity contribution in [3.8, 4) is 0 Å². The summed E-state index contributed by atoms with van der Waals surface area (Å²) in [4.78, 5) is 0. The van der Waals surface area contributed by atoms with Gasteiger partial charge in [0.2, 0.25) is 0 Å². The number of halogens is 2. The molecule has 0 saturated carbocycles. The van der Waals surface area contributed by atoms with Crippen LogP contribution < -0.4 is 5.32 Å². The summed E-state index contributed by atoms with van der Waals surface area (Å²) in [6.45, 7) is 5.24. The lowest BCUT2D eigenvalue weighted by Crippen LogP contribution is -2.31. The maximum absolute atomic E-state index is 12.9. The minimum absolute atomic E-state index is 0.271. The van der Waals surface area contributed by atoms with E-state index < -0.39 is 0 Å². The van der Waals surface area contributed by atoms with Crippen LogP contribution in [0.15, 0.2) is 18.2 Å². The molecule has 0 bridgehead atoms. The molecule has 0 fully saturated rings. The van der Waals surface area contributed by atoms with E-state index in [1.165, 1.54) is 25.0 Å². The molecule has 0 aliphatic rings. The highest BCUT2D eigenvalue weighted by atomic mass is 35.5. The molecule has 3 heteroatoms. The normalized spacial score (nSPS) is 12.7. The van der Waals surface area contributed by atoms with Gasteiger partial charge in [0.05, 0.1) is 0 Å². The quantitative estimate of drug-likeness (QED) is 0.772. The van der Waals surface area contributed by atoms with Crippen molar-refractivity contribution in [1.29, 1.82) is 0 Å². The highest BCUT2D eigenvalue weighted by molar-refractivity contribution is 6.31. The fraction of sp³-hybridized carbons (Fsp3) is 0.571. The van der Waals surface area contributed by atoms with Crippen LogP contribution in [0.4, 0.5) is 4.39 Å². The molecule has 0 radical (unpaired) electrons. The Labute approximate surface area is 108 Å². The van der Waals surface area contributed by atoms with Gasteiger partial charge in [-0.3, -0.25) is 0 Å². The Kier molecular flexibility index (Phi) is 6.53. The van der Waals surface area contributed by atoms with E-state index in [4.69, 9.17) is 11.6 Å². The monoisotopic (exact) mass is 257 g/mol. The largest absolute Gasteiger partial charge is 0.314 e. The van der Waals surface area contributed by atoms with Crippen molar-refractivity contribution in [2.24, 2.45) is 0 Å². The molecule has 1 N–H and O–H groups in total. The molecular formula is C14H21ClFN. The predicted octanol–water partition coefficient (Wildman–Crippen LogP) is 4.19. The lowest BCUT2D eigenvalue weighted by Gasteiger charge is -2.18. The van der Waals surface area contributed by atoms with Crippen LogP contribution in [-0.4, -0.2) is 12.6 Å². The summed E-state index contributed by atoms with van der Waals surface area (Å²) in [5.74, 6) is -0.271. The number of rotatable bonds is 7. The van der Waals surface area contributed by atoms with Gasteiger partial charge >= 0.3 is 0 Å². The number of hydrogen-bond acceptors (Lipinski definition) is 1. The summed E-state index contributed by atoms with van der Waals surface area (Å²) < 4.78 is 12.9. The summed E-state index contributed by atoms with van der Waals surface area (Å²) >= 11 is 6.04. The van der Waals surface area contributed by atoms with E-state index >= 15 is 0 Å². The van der Waals surface area contributed by atoms with E-state index in [1.54, 1.807) is 6.07 Å². The molecule has 1 aromatic carbocycles. The van der Waals surface area contributed by atoms with E-state index in [0.29, 0.717) is 11.1 Å². The third kappa shape index (κ3) is 5.05.